The highest BCUT2D eigenvalue weighted by Gasteiger charge is 2.56. The van der Waals surface area contributed by atoms with E-state index in [-0.39, 0.29) is 41.1 Å². The molecule has 176 valence electrons. The Bertz CT molecular complexity index is 1370. The van der Waals surface area contributed by atoms with Crippen molar-refractivity contribution in [2.45, 2.75) is 44.3 Å². The predicted octanol–water partition coefficient (Wildman–Crippen LogP) is 3.88. The van der Waals surface area contributed by atoms with Crippen LogP contribution in [0, 0.1) is 35.9 Å². The highest BCUT2D eigenvalue weighted by atomic mass is 19.4. The van der Waals surface area contributed by atoms with Gasteiger partial charge in [-0.2, -0.15) is 23.5 Å². The van der Waals surface area contributed by atoms with E-state index in [1.54, 1.807) is 4.68 Å². The van der Waals surface area contributed by atoms with Crippen molar-refractivity contribution in [2.24, 2.45) is 11.8 Å². The number of aryl methyl sites for hydroxylation is 1. The van der Waals surface area contributed by atoms with Gasteiger partial charge in [-0.15, -0.1) is 0 Å². The van der Waals surface area contributed by atoms with Gasteiger partial charge in [0.25, 0.3) is 0 Å². The lowest BCUT2D eigenvalue weighted by Gasteiger charge is -2.17. The molecule has 0 bridgehead atoms. The summed E-state index contributed by atoms with van der Waals surface area (Å²) in [5.74, 6) is -0.122. The summed E-state index contributed by atoms with van der Waals surface area (Å²) in [7, 11) is 0. The zero-order valence-electron chi connectivity index (χ0n) is 18.2. The maximum Gasteiger partial charge on any atom is 0.418 e. The summed E-state index contributed by atoms with van der Waals surface area (Å²) < 4.78 is 59.7. The topological polar surface area (TPSA) is 105 Å². The Morgan fingerprint density at radius 1 is 1.24 bits per heavy atom. The smallest absolute Gasteiger partial charge is 0.384 e. The highest BCUT2D eigenvalue weighted by molar-refractivity contribution is 5.90. The summed E-state index contributed by atoms with van der Waals surface area (Å²) >= 11 is 0. The number of hydrogen-bond donors (Lipinski definition) is 2. The Balaban J connectivity index is 1.66. The number of piperidine rings is 1. The summed E-state index contributed by atoms with van der Waals surface area (Å²) in [6.45, 7) is 2.88. The number of nitriles is 1. The molecule has 4 heterocycles. The molecule has 0 amide bonds. The SMILES string of the molecule is Cc1nc(N)cc(-c2nc(CC#N)c3c(C4C5CNCC54)nn(C4CC4)c3c2F)c1C(F)(F)F. The van der Waals surface area contributed by atoms with Gasteiger partial charge in [-0.25, -0.2) is 14.4 Å². The molecule has 3 aromatic rings. The quantitative estimate of drug-likeness (QED) is 0.560. The van der Waals surface area contributed by atoms with E-state index in [2.05, 4.69) is 15.3 Å². The molecule has 0 radical (unpaired) electrons. The summed E-state index contributed by atoms with van der Waals surface area (Å²) in [6, 6.07) is 3.02. The summed E-state index contributed by atoms with van der Waals surface area (Å²) in [6.07, 6.45) is -3.34. The maximum atomic E-state index is 16.2. The molecule has 3 aliphatic rings. The van der Waals surface area contributed by atoms with Crippen molar-refractivity contribution in [3.8, 4) is 17.3 Å². The molecule has 6 rings (SSSR count). The molecule has 3 aromatic heterocycles. The summed E-state index contributed by atoms with van der Waals surface area (Å²) in [4.78, 5) is 8.06. The van der Waals surface area contributed by atoms with E-state index in [0.29, 0.717) is 22.9 Å². The molecule has 2 saturated carbocycles. The van der Waals surface area contributed by atoms with Gasteiger partial charge in [-0.05, 0) is 50.8 Å². The summed E-state index contributed by atoms with van der Waals surface area (Å²) in [5, 5.41) is 18.1. The molecule has 0 aromatic carbocycles. The molecule has 2 aliphatic carbocycles. The number of anilines is 1. The minimum atomic E-state index is -4.79. The first-order valence-electron chi connectivity index (χ1n) is 11.2. The fourth-order valence-electron chi connectivity index (χ4n) is 5.56. The number of pyridine rings is 2. The van der Waals surface area contributed by atoms with Gasteiger partial charge in [0.15, 0.2) is 5.82 Å². The first-order chi connectivity index (χ1) is 16.2. The molecule has 2 atom stereocenters. The van der Waals surface area contributed by atoms with Gasteiger partial charge in [0.2, 0.25) is 0 Å². The third kappa shape index (κ3) is 3.08. The second-order valence-electron chi connectivity index (χ2n) is 9.41. The molecule has 3 fully saturated rings. The minimum absolute atomic E-state index is 0.0148. The second-order valence-corrected chi connectivity index (χ2v) is 9.41. The third-order valence-electron chi connectivity index (χ3n) is 7.19. The lowest BCUT2D eigenvalue weighted by Crippen LogP contribution is -2.14. The Morgan fingerprint density at radius 2 is 1.94 bits per heavy atom. The van der Waals surface area contributed by atoms with Crippen molar-refractivity contribution in [3.63, 3.8) is 0 Å². The Hall–Kier alpha value is -3.26. The fourth-order valence-corrected chi connectivity index (χ4v) is 5.56. The molecule has 34 heavy (non-hydrogen) atoms. The Kier molecular flexibility index (Phi) is 4.46. The van der Waals surface area contributed by atoms with Gasteiger partial charge in [0, 0.05) is 16.9 Å². The molecule has 1 saturated heterocycles. The highest BCUT2D eigenvalue weighted by Crippen LogP contribution is 2.58. The molecule has 1 aliphatic heterocycles. The molecule has 11 heteroatoms. The standard InChI is InChI=1S/C23H21F4N7/c1-9-18(23(25,26)27)11(6-15(29)31-9)20-19(24)22-17(14(32-20)4-5-28)21(33-34(22)10-2-3-10)16-12-7-30-8-13(12)16/h6,10,12-13,16,30H,2-4,7-8H2,1H3,(H2,29,31). The van der Waals surface area contributed by atoms with Gasteiger partial charge in [-0.1, -0.05) is 0 Å². The molecular formula is C23H21F4N7. The van der Waals surface area contributed by atoms with E-state index in [4.69, 9.17) is 10.8 Å². The van der Waals surface area contributed by atoms with E-state index >= 15 is 4.39 Å². The van der Waals surface area contributed by atoms with Crippen LogP contribution in [0.4, 0.5) is 23.4 Å². The number of alkyl halides is 3. The lowest BCUT2D eigenvalue weighted by molar-refractivity contribution is -0.137. The summed E-state index contributed by atoms with van der Waals surface area (Å²) in [5.41, 5.74) is 4.44. The molecule has 2 unspecified atom stereocenters. The van der Waals surface area contributed by atoms with Gasteiger partial charge in [0.05, 0.1) is 41.2 Å². The Labute approximate surface area is 192 Å². The normalized spacial score (nSPS) is 23.8. The van der Waals surface area contributed by atoms with Crippen LogP contribution in [-0.4, -0.2) is 32.8 Å². The minimum Gasteiger partial charge on any atom is -0.384 e. The van der Waals surface area contributed by atoms with Crippen LogP contribution in [0.2, 0.25) is 0 Å². The number of halogens is 4. The average molecular weight is 471 g/mol. The number of fused-ring (bicyclic) bond motifs is 2. The van der Waals surface area contributed by atoms with Gasteiger partial charge >= 0.3 is 6.18 Å². The van der Waals surface area contributed by atoms with Crippen LogP contribution in [0.1, 0.15) is 47.4 Å². The fraction of sp³-hybridized carbons (Fsp3) is 0.478. The molecule has 7 nitrogen and oxygen atoms in total. The van der Waals surface area contributed by atoms with Crippen LogP contribution in [0.3, 0.4) is 0 Å². The van der Waals surface area contributed by atoms with Crippen molar-refractivity contribution in [2.75, 3.05) is 18.8 Å². The number of nitrogens with two attached hydrogens (primary N) is 1. The maximum absolute atomic E-state index is 16.2. The van der Waals surface area contributed by atoms with Crippen LogP contribution >= 0.6 is 0 Å². The largest absolute Gasteiger partial charge is 0.418 e. The van der Waals surface area contributed by atoms with Crippen LogP contribution in [0.5, 0.6) is 0 Å². The van der Waals surface area contributed by atoms with Crippen molar-refractivity contribution >= 4 is 16.7 Å². The van der Waals surface area contributed by atoms with Crippen molar-refractivity contribution in [3.05, 3.63) is 34.5 Å². The molecule has 0 spiro atoms. The predicted molar refractivity (Wildman–Crippen MR) is 115 cm³/mol. The number of nitrogens with one attached hydrogen (secondary N) is 1. The lowest BCUT2D eigenvalue weighted by atomic mass is 9.99. The molecular weight excluding hydrogens is 450 g/mol. The van der Waals surface area contributed by atoms with E-state index in [1.165, 1.54) is 6.92 Å². The van der Waals surface area contributed by atoms with Crippen molar-refractivity contribution in [1.82, 2.24) is 25.1 Å². The number of rotatable bonds is 4. The number of nitrogens with zero attached hydrogens (tertiary/aromatic N) is 5. The van der Waals surface area contributed by atoms with Gasteiger partial charge in [0.1, 0.15) is 17.0 Å². The second kappa shape index (κ2) is 7.12. The van der Waals surface area contributed by atoms with E-state index in [0.717, 1.165) is 32.0 Å². The van der Waals surface area contributed by atoms with Crippen molar-refractivity contribution < 1.29 is 17.6 Å². The number of nitrogen functional groups attached to an aromatic ring is 1. The van der Waals surface area contributed by atoms with E-state index in [1.807, 2.05) is 6.07 Å². The van der Waals surface area contributed by atoms with Crippen LogP contribution < -0.4 is 11.1 Å². The van der Waals surface area contributed by atoms with Crippen LogP contribution in [0.15, 0.2) is 6.07 Å². The van der Waals surface area contributed by atoms with Crippen LogP contribution in [0.25, 0.3) is 22.2 Å². The number of hydrogen-bond acceptors (Lipinski definition) is 6. The third-order valence-corrected chi connectivity index (χ3v) is 7.19. The van der Waals surface area contributed by atoms with E-state index in [9.17, 15) is 18.4 Å². The first kappa shape index (κ1) is 21.3. The van der Waals surface area contributed by atoms with Gasteiger partial charge in [-0.3, -0.25) is 4.68 Å². The molecule has 3 N–H and O–H groups in total. The first-order valence-corrected chi connectivity index (χ1v) is 11.2. The average Bonchev–Trinajstić information content (AvgIpc) is 3.63. The van der Waals surface area contributed by atoms with Gasteiger partial charge < -0.3 is 11.1 Å². The van der Waals surface area contributed by atoms with Crippen molar-refractivity contribution in [1.29, 1.82) is 5.26 Å². The number of aromatic nitrogens is 4. The monoisotopic (exact) mass is 471 g/mol. The van der Waals surface area contributed by atoms with Crippen LogP contribution in [-0.2, 0) is 12.6 Å². The zero-order chi connectivity index (χ0) is 23.9. The zero-order valence-corrected chi connectivity index (χ0v) is 18.2. The Morgan fingerprint density at radius 3 is 2.56 bits per heavy atom. The van der Waals surface area contributed by atoms with E-state index < -0.39 is 28.8 Å².